The average Bonchev–Trinajstić information content (AvgIpc) is 2.48. The number of aliphatic hydroxyl groups excluding tert-OH is 1. The van der Waals surface area contributed by atoms with E-state index in [-0.39, 0.29) is 12.6 Å². The topological polar surface area (TPSA) is 54.4 Å². The Morgan fingerprint density at radius 3 is 2.65 bits per heavy atom. The Kier molecular flexibility index (Phi) is 5.38. The number of aromatic nitrogens is 1. The van der Waals surface area contributed by atoms with E-state index in [0.717, 1.165) is 6.42 Å². The van der Waals surface area contributed by atoms with Crippen LogP contribution in [0.25, 0.3) is 0 Å². The highest BCUT2D eigenvalue weighted by molar-refractivity contribution is 5.38. The highest BCUT2D eigenvalue weighted by Crippen LogP contribution is 2.13. The maximum Gasteiger partial charge on any atom is 0.215 e. The quantitative estimate of drug-likeness (QED) is 0.813. The van der Waals surface area contributed by atoms with Gasteiger partial charge in [0.2, 0.25) is 5.88 Å². The molecule has 106 valence electrons. The minimum Gasteiger partial charge on any atom is -0.478 e. The molecule has 4 nitrogen and oxygen atoms in total. The molecule has 4 heteroatoms. The molecule has 0 aliphatic heterocycles. The Labute approximate surface area is 119 Å². The van der Waals surface area contributed by atoms with Crippen LogP contribution in [-0.2, 0) is 6.42 Å². The monoisotopic (exact) mass is 272 g/mol. The van der Waals surface area contributed by atoms with Crippen LogP contribution in [0.15, 0.2) is 48.5 Å². The molecule has 0 amide bonds. The molecule has 2 aromatic rings. The molecule has 1 aromatic heterocycles. The van der Waals surface area contributed by atoms with Gasteiger partial charge in [0, 0.05) is 6.07 Å². The van der Waals surface area contributed by atoms with Crippen LogP contribution in [0.1, 0.15) is 12.5 Å². The largest absolute Gasteiger partial charge is 0.478 e. The Bertz CT molecular complexity index is 517. The van der Waals surface area contributed by atoms with E-state index in [4.69, 9.17) is 4.74 Å². The van der Waals surface area contributed by atoms with Gasteiger partial charge in [0.1, 0.15) is 5.82 Å². The van der Waals surface area contributed by atoms with E-state index in [0.29, 0.717) is 18.3 Å². The lowest BCUT2D eigenvalue weighted by Crippen LogP contribution is -2.26. The van der Waals surface area contributed by atoms with Crippen molar-refractivity contribution in [3.05, 3.63) is 54.1 Å². The Morgan fingerprint density at radius 1 is 1.15 bits per heavy atom. The highest BCUT2D eigenvalue weighted by atomic mass is 16.5. The van der Waals surface area contributed by atoms with Crippen LogP contribution in [0.3, 0.4) is 0 Å². The molecule has 0 bridgehead atoms. The van der Waals surface area contributed by atoms with Crippen molar-refractivity contribution in [1.29, 1.82) is 0 Å². The molecule has 0 aliphatic carbocycles. The van der Waals surface area contributed by atoms with Gasteiger partial charge >= 0.3 is 0 Å². The second kappa shape index (κ2) is 7.50. The molecule has 2 rings (SSSR count). The van der Waals surface area contributed by atoms with Gasteiger partial charge in [-0.15, -0.1) is 0 Å². The molecule has 0 fully saturated rings. The molecular weight excluding hydrogens is 252 g/mol. The number of rotatable bonds is 7. The van der Waals surface area contributed by atoms with Gasteiger partial charge in [-0.2, -0.15) is 4.98 Å². The van der Waals surface area contributed by atoms with Crippen molar-refractivity contribution in [3.63, 3.8) is 0 Å². The number of hydrogen-bond donors (Lipinski definition) is 2. The normalized spacial score (nSPS) is 11.9. The van der Waals surface area contributed by atoms with E-state index < -0.39 is 0 Å². The van der Waals surface area contributed by atoms with Crippen LogP contribution in [0.2, 0.25) is 0 Å². The molecule has 0 saturated heterocycles. The van der Waals surface area contributed by atoms with E-state index in [1.165, 1.54) is 5.56 Å². The van der Waals surface area contributed by atoms with Crippen LogP contribution < -0.4 is 10.1 Å². The third-order valence-electron chi connectivity index (χ3n) is 2.91. The van der Waals surface area contributed by atoms with E-state index in [1.807, 2.05) is 55.5 Å². The smallest absolute Gasteiger partial charge is 0.215 e. The maximum atomic E-state index is 9.50. The summed E-state index contributed by atoms with van der Waals surface area (Å²) >= 11 is 0. The third kappa shape index (κ3) is 4.24. The number of aliphatic hydroxyl groups is 1. The predicted molar refractivity (Wildman–Crippen MR) is 80.0 cm³/mol. The number of ether oxygens (including phenoxy) is 1. The summed E-state index contributed by atoms with van der Waals surface area (Å²) in [5, 5.41) is 12.7. The zero-order valence-electron chi connectivity index (χ0n) is 11.6. The summed E-state index contributed by atoms with van der Waals surface area (Å²) in [4.78, 5) is 4.35. The molecule has 2 N–H and O–H groups in total. The van der Waals surface area contributed by atoms with Gasteiger partial charge in [-0.1, -0.05) is 36.4 Å². The SMILES string of the molecule is CCOc1cccc(NC(CO)Cc2ccccc2)n1. The summed E-state index contributed by atoms with van der Waals surface area (Å²) in [6.45, 7) is 2.56. The number of nitrogens with zero attached hydrogens (tertiary/aromatic N) is 1. The second-order valence-electron chi connectivity index (χ2n) is 4.51. The van der Waals surface area contributed by atoms with Crippen molar-refractivity contribution < 1.29 is 9.84 Å². The Morgan fingerprint density at radius 2 is 1.95 bits per heavy atom. The van der Waals surface area contributed by atoms with Crippen molar-refractivity contribution in [2.45, 2.75) is 19.4 Å². The van der Waals surface area contributed by atoms with Gasteiger partial charge in [0.15, 0.2) is 0 Å². The van der Waals surface area contributed by atoms with E-state index in [2.05, 4.69) is 10.3 Å². The first-order valence-corrected chi connectivity index (χ1v) is 6.83. The van der Waals surface area contributed by atoms with Crippen molar-refractivity contribution in [3.8, 4) is 5.88 Å². The van der Waals surface area contributed by atoms with Gasteiger partial charge in [-0.3, -0.25) is 0 Å². The van der Waals surface area contributed by atoms with Crippen LogP contribution in [0.4, 0.5) is 5.82 Å². The summed E-state index contributed by atoms with van der Waals surface area (Å²) in [7, 11) is 0. The third-order valence-corrected chi connectivity index (χ3v) is 2.91. The summed E-state index contributed by atoms with van der Waals surface area (Å²) in [6, 6.07) is 15.6. The van der Waals surface area contributed by atoms with Crippen LogP contribution >= 0.6 is 0 Å². The number of pyridine rings is 1. The minimum atomic E-state index is -0.0678. The molecule has 1 heterocycles. The van der Waals surface area contributed by atoms with E-state index in [1.54, 1.807) is 0 Å². The predicted octanol–water partition coefficient (Wildman–Crippen LogP) is 2.50. The van der Waals surface area contributed by atoms with E-state index in [9.17, 15) is 5.11 Å². The lowest BCUT2D eigenvalue weighted by atomic mass is 10.1. The molecule has 0 aliphatic rings. The fourth-order valence-electron chi connectivity index (χ4n) is 1.99. The fourth-order valence-corrected chi connectivity index (χ4v) is 1.99. The zero-order valence-corrected chi connectivity index (χ0v) is 11.6. The molecule has 1 aromatic carbocycles. The highest BCUT2D eigenvalue weighted by Gasteiger charge is 2.09. The van der Waals surface area contributed by atoms with Gasteiger partial charge in [0.05, 0.1) is 19.3 Å². The number of hydrogen-bond acceptors (Lipinski definition) is 4. The lowest BCUT2D eigenvalue weighted by Gasteiger charge is -2.17. The Balaban J connectivity index is 2.00. The number of benzene rings is 1. The van der Waals surface area contributed by atoms with Gasteiger partial charge in [-0.05, 0) is 25.0 Å². The van der Waals surface area contributed by atoms with E-state index >= 15 is 0 Å². The lowest BCUT2D eigenvalue weighted by molar-refractivity contribution is 0.273. The maximum absolute atomic E-state index is 9.50. The Hall–Kier alpha value is -2.07. The standard InChI is InChI=1S/C16H20N2O2/c1-2-20-16-10-6-9-15(18-16)17-14(12-19)11-13-7-4-3-5-8-13/h3-10,14,19H,2,11-12H2,1H3,(H,17,18). The van der Waals surface area contributed by atoms with Crippen LogP contribution in [-0.4, -0.2) is 29.3 Å². The molecule has 0 radical (unpaired) electrons. The molecule has 0 spiro atoms. The zero-order chi connectivity index (χ0) is 14.2. The molecular formula is C16H20N2O2. The summed E-state index contributed by atoms with van der Waals surface area (Å²) in [5.41, 5.74) is 1.18. The number of nitrogens with one attached hydrogen (secondary N) is 1. The van der Waals surface area contributed by atoms with Crippen LogP contribution in [0.5, 0.6) is 5.88 Å². The second-order valence-corrected chi connectivity index (χ2v) is 4.51. The van der Waals surface area contributed by atoms with Gasteiger partial charge in [0.25, 0.3) is 0 Å². The summed E-state index contributed by atoms with van der Waals surface area (Å²) in [5.74, 6) is 1.31. The average molecular weight is 272 g/mol. The first-order valence-electron chi connectivity index (χ1n) is 6.83. The first kappa shape index (κ1) is 14.3. The number of anilines is 1. The summed E-state index contributed by atoms with van der Waals surface area (Å²) < 4.78 is 5.37. The molecule has 20 heavy (non-hydrogen) atoms. The molecule has 1 unspecified atom stereocenters. The van der Waals surface area contributed by atoms with Crippen molar-refractivity contribution >= 4 is 5.82 Å². The van der Waals surface area contributed by atoms with Crippen molar-refractivity contribution in [2.75, 3.05) is 18.5 Å². The minimum absolute atomic E-state index is 0.0510. The van der Waals surface area contributed by atoms with Crippen LogP contribution in [0, 0.1) is 0 Å². The molecule has 0 saturated carbocycles. The van der Waals surface area contributed by atoms with Crippen molar-refractivity contribution in [1.82, 2.24) is 4.98 Å². The van der Waals surface area contributed by atoms with Crippen molar-refractivity contribution in [2.24, 2.45) is 0 Å². The van der Waals surface area contributed by atoms with Gasteiger partial charge in [-0.25, -0.2) is 0 Å². The fraction of sp³-hybridized carbons (Fsp3) is 0.312. The first-order chi connectivity index (χ1) is 9.81. The van der Waals surface area contributed by atoms with Gasteiger partial charge < -0.3 is 15.2 Å². The molecule has 1 atom stereocenters. The summed E-state index contributed by atoms with van der Waals surface area (Å²) in [6.07, 6.45) is 0.748.